The summed E-state index contributed by atoms with van der Waals surface area (Å²) < 4.78 is 3.81. The van der Waals surface area contributed by atoms with Gasteiger partial charge in [0.1, 0.15) is 5.69 Å². The van der Waals surface area contributed by atoms with Crippen LogP contribution in [0.25, 0.3) is 0 Å². The first-order valence-electron chi connectivity index (χ1n) is 9.85. The first kappa shape index (κ1) is 19.6. The summed E-state index contributed by atoms with van der Waals surface area (Å²) >= 11 is 0. The molecule has 7 nitrogen and oxygen atoms in total. The number of pyridine rings is 1. The zero-order valence-electron chi connectivity index (χ0n) is 17.1. The maximum atomic E-state index is 12.5. The lowest BCUT2D eigenvalue weighted by atomic mass is 10.1. The fourth-order valence-electron chi connectivity index (χ4n) is 3.36. The van der Waals surface area contributed by atoms with Crippen molar-refractivity contribution in [2.45, 2.75) is 33.5 Å². The fraction of sp³-hybridized carbons (Fsp3) is 0.217. The van der Waals surface area contributed by atoms with Gasteiger partial charge >= 0.3 is 0 Å². The van der Waals surface area contributed by atoms with E-state index < -0.39 is 0 Å². The molecule has 0 aliphatic rings. The molecule has 4 aromatic rings. The average molecular weight is 400 g/mol. The highest BCUT2D eigenvalue weighted by atomic mass is 16.1. The van der Waals surface area contributed by atoms with Crippen molar-refractivity contribution >= 4 is 5.91 Å². The zero-order valence-corrected chi connectivity index (χ0v) is 17.1. The van der Waals surface area contributed by atoms with Crippen LogP contribution in [0.15, 0.2) is 67.5 Å². The Morgan fingerprint density at radius 2 is 1.77 bits per heavy atom. The molecule has 0 bridgehead atoms. The highest BCUT2D eigenvalue weighted by Gasteiger charge is 2.11. The number of nitrogens with one attached hydrogen (secondary N) is 1. The zero-order chi connectivity index (χ0) is 20.9. The molecule has 3 aromatic heterocycles. The van der Waals surface area contributed by atoms with Crippen molar-refractivity contribution in [2.24, 2.45) is 0 Å². The molecule has 0 atom stereocenters. The number of benzene rings is 1. The van der Waals surface area contributed by atoms with E-state index >= 15 is 0 Å². The third kappa shape index (κ3) is 4.63. The Balaban J connectivity index is 1.35. The fourth-order valence-corrected chi connectivity index (χ4v) is 3.36. The van der Waals surface area contributed by atoms with E-state index in [1.54, 1.807) is 24.9 Å². The number of hydrogen-bond acceptors (Lipinski definition) is 4. The third-order valence-electron chi connectivity index (χ3n) is 5.09. The molecule has 0 unspecified atom stereocenters. The van der Waals surface area contributed by atoms with Crippen molar-refractivity contribution in [3.63, 3.8) is 0 Å². The topological polar surface area (TPSA) is 77.6 Å². The first-order valence-corrected chi connectivity index (χ1v) is 9.85. The quantitative estimate of drug-likeness (QED) is 0.517. The summed E-state index contributed by atoms with van der Waals surface area (Å²) in [6, 6.07) is 12.2. The number of rotatable bonds is 7. The minimum Gasteiger partial charge on any atom is -0.346 e. The van der Waals surface area contributed by atoms with Crippen LogP contribution in [0, 0.1) is 13.8 Å². The Morgan fingerprint density at radius 1 is 1.00 bits per heavy atom. The molecule has 0 radical (unpaired) electrons. The molecule has 0 fully saturated rings. The maximum absolute atomic E-state index is 12.5. The number of carbonyl (C=O) groups is 1. The Bertz CT molecular complexity index is 1110. The summed E-state index contributed by atoms with van der Waals surface area (Å²) in [5.41, 5.74) is 5.82. The molecule has 3 heterocycles. The summed E-state index contributed by atoms with van der Waals surface area (Å²) in [6.45, 7) is 5.81. The van der Waals surface area contributed by atoms with E-state index in [1.165, 1.54) is 5.56 Å². The van der Waals surface area contributed by atoms with Crippen molar-refractivity contribution < 1.29 is 4.79 Å². The van der Waals surface area contributed by atoms with Crippen LogP contribution >= 0.6 is 0 Å². The van der Waals surface area contributed by atoms with Crippen LogP contribution in [0.2, 0.25) is 0 Å². The number of imidazole rings is 1. The van der Waals surface area contributed by atoms with Crippen LogP contribution in [-0.2, 0) is 19.6 Å². The van der Waals surface area contributed by atoms with Gasteiger partial charge in [-0.15, -0.1) is 0 Å². The second kappa shape index (κ2) is 8.73. The monoisotopic (exact) mass is 400 g/mol. The van der Waals surface area contributed by atoms with Gasteiger partial charge in [0.25, 0.3) is 5.91 Å². The van der Waals surface area contributed by atoms with Gasteiger partial charge in [0, 0.05) is 43.6 Å². The number of carbonyl (C=O) groups excluding carboxylic acids is 1. The Labute approximate surface area is 175 Å². The van der Waals surface area contributed by atoms with Crippen LogP contribution in [-0.4, -0.2) is 30.2 Å². The van der Waals surface area contributed by atoms with E-state index in [0.29, 0.717) is 18.8 Å². The van der Waals surface area contributed by atoms with Crippen LogP contribution < -0.4 is 5.32 Å². The molecule has 0 spiro atoms. The van der Waals surface area contributed by atoms with Gasteiger partial charge in [-0.1, -0.05) is 24.3 Å². The van der Waals surface area contributed by atoms with E-state index in [1.807, 2.05) is 41.4 Å². The molecule has 1 aromatic carbocycles. The molecular weight excluding hydrogens is 376 g/mol. The van der Waals surface area contributed by atoms with Gasteiger partial charge in [0.05, 0.1) is 12.9 Å². The smallest absolute Gasteiger partial charge is 0.271 e. The van der Waals surface area contributed by atoms with Gasteiger partial charge in [0.15, 0.2) is 0 Å². The van der Waals surface area contributed by atoms with E-state index in [9.17, 15) is 4.79 Å². The van der Waals surface area contributed by atoms with Crippen molar-refractivity contribution in [1.82, 2.24) is 29.6 Å². The molecule has 152 valence electrons. The molecular formula is C23H24N6O. The van der Waals surface area contributed by atoms with Gasteiger partial charge in [-0.05, 0) is 48.2 Å². The van der Waals surface area contributed by atoms with E-state index in [2.05, 4.69) is 44.6 Å². The van der Waals surface area contributed by atoms with Gasteiger partial charge in [-0.25, -0.2) is 4.98 Å². The molecule has 0 aliphatic carbocycles. The number of hydrogen-bond donors (Lipinski definition) is 1. The van der Waals surface area contributed by atoms with Gasteiger partial charge in [-0.2, -0.15) is 5.10 Å². The summed E-state index contributed by atoms with van der Waals surface area (Å²) in [4.78, 5) is 21.0. The average Bonchev–Trinajstić information content (AvgIpc) is 3.41. The van der Waals surface area contributed by atoms with Crippen molar-refractivity contribution in [3.8, 4) is 0 Å². The summed E-state index contributed by atoms with van der Waals surface area (Å²) in [7, 11) is 0. The Morgan fingerprint density at radius 3 is 2.47 bits per heavy atom. The van der Waals surface area contributed by atoms with Gasteiger partial charge < -0.3 is 9.88 Å². The number of amides is 1. The number of aromatic nitrogens is 5. The second-order valence-corrected chi connectivity index (χ2v) is 7.33. The summed E-state index contributed by atoms with van der Waals surface area (Å²) in [5, 5.41) is 7.17. The van der Waals surface area contributed by atoms with Crippen molar-refractivity contribution in [2.75, 3.05) is 0 Å². The molecule has 0 saturated heterocycles. The van der Waals surface area contributed by atoms with Crippen LogP contribution in [0.4, 0.5) is 0 Å². The predicted octanol–water partition coefficient (Wildman–Crippen LogP) is 3.12. The molecule has 0 aliphatic heterocycles. The van der Waals surface area contributed by atoms with Crippen LogP contribution in [0.1, 0.15) is 38.4 Å². The highest BCUT2D eigenvalue weighted by Crippen LogP contribution is 2.11. The maximum Gasteiger partial charge on any atom is 0.271 e. The molecule has 1 N–H and O–H groups in total. The van der Waals surface area contributed by atoms with Crippen molar-refractivity contribution in [1.29, 1.82) is 0 Å². The normalized spacial score (nSPS) is 10.9. The van der Waals surface area contributed by atoms with Gasteiger partial charge in [-0.3, -0.25) is 14.5 Å². The summed E-state index contributed by atoms with van der Waals surface area (Å²) in [6.07, 6.45) is 8.97. The summed E-state index contributed by atoms with van der Waals surface area (Å²) in [5.74, 6) is -0.189. The highest BCUT2D eigenvalue weighted by molar-refractivity contribution is 5.92. The first-order chi connectivity index (χ1) is 14.6. The Kier molecular flexibility index (Phi) is 5.70. The predicted molar refractivity (Wildman–Crippen MR) is 114 cm³/mol. The van der Waals surface area contributed by atoms with E-state index in [0.717, 1.165) is 28.9 Å². The molecule has 1 amide bonds. The van der Waals surface area contributed by atoms with Crippen LogP contribution in [0.5, 0.6) is 0 Å². The lowest BCUT2D eigenvalue weighted by molar-refractivity contribution is 0.0946. The van der Waals surface area contributed by atoms with Gasteiger partial charge in [0.2, 0.25) is 0 Å². The van der Waals surface area contributed by atoms with Crippen LogP contribution in [0.3, 0.4) is 0 Å². The molecule has 7 heteroatoms. The number of aryl methyl sites for hydroxylation is 2. The lowest BCUT2D eigenvalue weighted by Gasteiger charge is -2.09. The lowest BCUT2D eigenvalue weighted by Crippen LogP contribution is -2.24. The Hall–Kier alpha value is -3.74. The van der Waals surface area contributed by atoms with E-state index in [4.69, 9.17) is 0 Å². The van der Waals surface area contributed by atoms with Crippen molar-refractivity contribution in [3.05, 3.63) is 101 Å². The standard InChI is InChI=1S/C23H24N6O/c1-17-8-10-24-18(2)21(17)12-25-23(30)22-15-28(16-26-22)13-19-4-6-20(7-5-19)14-29-11-3-9-27-29/h3-11,15-16H,12-14H2,1-2H3,(H,25,30). The SMILES string of the molecule is Cc1ccnc(C)c1CNC(=O)c1cn(Cc2ccc(Cn3cccn3)cc2)cn1. The minimum absolute atomic E-state index is 0.189. The largest absolute Gasteiger partial charge is 0.346 e. The molecule has 0 saturated carbocycles. The number of nitrogens with zero attached hydrogens (tertiary/aromatic N) is 5. The third-order valence-corrected chi connectivity index (χ3v) is 5.09. The molecule has 30 heavy (non-hydrogen) atoms. The molecule has 4 rings (SSSR count). The van der Waals surface area contributed by atoms with E-state index in [-0.39, 0.29) is 5.91 Å². The second-order valence-electron chi connectivity index (χ2n) is 7.33. The minimum atomic E-state index is -0.189.